The third-order valence-electron chi connectivity index (χ3n) is 9.26. The zero-order valence-electron chi connectivity index (χ0n) is 22.7. The molecular weight excluding hydrogens is 561 g/mol. The highest BCUT2D eigenvalue weighted by atomic mass is 35.5. The van der Waals surface area contributed by atoms with Crippen molar-refractivity contribution in [3.63, 3.8) is 0 Å². The van der Waals surface area contributed by atoms with Gasteiger partial charge in [0.1, 0.15) is 11.5 Å². The SMILES string of the molecule is COC(=O)c1ccc(-c2noc(C34CCC(C=Cc5c(-c6c(Cl)cccc6Cl)noc5C5CC5)(CC3)CC4)n2)cc1. The van der Waals surface area contributed by atoms with E-state index in [0.29, 0.717) is 38.9 Å². The first-order valence-corrected chi connectivity index (χ1v) is 14.8. The van der Waals surface area contributed by atoms with Crippen molar-refractivity contribution >= 4 is 35.2 Å². The minimum atomic E-state index is -0.372. The fourth-order valence-electron chi connectivity index (χ4n) is 6.49. The molecule has 7 nitrogen and oxygen atoms in total. The number of benzene rings is 2. The summed E-state index contributed by atoms with van der Waals surface area (Å²) in [5.74, 6) is 2.22. The lowest BCUT2D eigenvalue weighted by atomic mass is 9.53. The Morgan fingerprint density at radius 1 is 0.951 bits per heavy atom. The third kappa shape index (κ3) is 4.69. The number of ether oxygens (including phenoxy) is 1. The normalized spacial score (nSPS) is 23.8. The number of aromatic nitrogens is 3. The Morgan fingerprint density at radius 3 is 2.27 bits per heavy atom. The van der Waals surface area contributed by atoms with E-state index in [1.54, 1.807) is 12.1 Å². The van der Waals surface area contributed by atoms with Crippen LogP contribution in [0.4, 0.5) is 0 Å². The minimum absolute atomic E-state index is 0.0978. The molecular formula is C32H29Cl2N3O4. The van der Waals surface area contributed by atoms with E-state index < -0.39 is 0 Å². The van der Waals surface area contributed by atoms with Crippen LogP contribution >= 0.6 is 23.2 Å². The summed E-state index contributed by atoms with van der Waals surface area (Å²) in [6.45, 7) is 0. The summed E-state index contributed by atoms with van der Waals surface area (Å²) in [5.41, 5.74) is 3.74. The molecule has 4 fully saturated rings. The van der Waals surface area contributed by atoms with Gasteiger partial charge in [-0.2, -0.15) is 4.98 Å². The summed E-state index contributed by atoms with van der Waals surface area (Å²) in [6.07, 6.45) is 12.9. The highest BCUT2D eigenvalue weighted by molar-refractivity contribution is 6.39. The fraction of sp³-hybridized carbons (Fsp3) is 0.375. The van der Waals surface area contributed by atoms with Gasteiger partial charge in [-0.25, -0.2) is 4.79 Å². The molecule has 0 radical (unpaired) electrons. The van der Waals surface area contributed by atoms with E-state index in [2.05, 4.69) is 22.5 Å². The zero-order chi connectivity index (χ0) is 28.2. The summed E-state index contributed by atoms with van der Waals surface area (Å²) < 4.78 is 16.5. The van der Waals surface area contributed by atoms with Crippen molar-refractivity contribution in [3.8, 4) is 22.6 Å². The highest BCUT2D eigenvalue weighted by Crippen LogP contribution is 2.58. The number of esters is 1. The molecule has 0 aliphatic heterocycles. The summed E-state index contributed by atoms with van der Waals surface area (Å²) in [5, 5.41) is 9.86. The Morgan fingerprint density at radius 2 is 1.63 bits per heavy atom. The number of hydrogen-bond acceptors (Lipinski definition) is 7. The maximum absolute atomic E-state index is 11.8. The second-order valence-electron chi connectivity index (χ2n) is 11.6. The van der Waals surface area contributed by atoms with Crippen molar-refractivity contribution in [1.82, 2.24) is 15.3 Å². The zero-order valence-corrected chi connectivity index (χ0v) is 24.2. The van der Waals surface area contributed by atoms with E-state index in [0.717, 1.165) is 73.8 Å². The Hall–Kier alpha value is -3.42. The number of fused-ring (bicyclic) bond motifs is 3. The first kappa shape index (κ1) is 26.5. The quantitative estimate of drug-likeness (QED) is 0.199. The lowest BCUT2D eigenvalue weighted by Gasteiger charge is -2.50. The van der Waals surface area contributed by atoms with Gasteiger partial charge in [-0.05, 0) is 81.0 Å². The van der Waals surface area contributed by atoms with Gasteiger partial charge >= 0.3 is 5.97 Å². The second-order valence-corrected chi connectivity index (χ2v) is 12.5. The monoisotopic (exact) mass is 589 g/mol. The van der Waals surface area contributed by atoms with E-state index in [1.165, 1.54) is 7.11 Å². The van der Waals surface area contributed by atoms with Crippen LogP contribution in [-0.4, -0.2) is 28.4 Å². The molecule has 41 heavy (non-hydrogen) atoms. The molecule has 0 amide bonds. The molecule has 4 aliphatic carbocycles. The van der Waals surface area contributed by atoms with Gasteiger partial charge < -0.3 is 13.8 Å². The molecule has 2 heterocycles. The summed E-state index contributed by atoms with van der Waals surface area (Å²) in [6, 6.07) is 12.6. The molecule has 0 atom stereocenters. The van der Waals surface area contributed by atoms with Crippen LogP contribution in [0.5, 0.6) is 0 Å². The van der Waals surface area contributed by atoms with Crippen LogP contribution in [0.2, 0.25) is 10.0 Å². The van der Waals surface area contributed by atoms with Crippen LogP contribution in [0, 0.1) is 5.41 Å². The lowest BCUT2D eigenvalue weighted by Crippen LogP contribution is -2.43. The molecule has 8 rings (SSSR count). The van der Waals surface area contributed by atoms with E-state index >= 15 is 0 Å². The Kier molecular flexibility index (Phi) is 6.55. The average Bonchev–Trinajstić information content (AvgIpc) is 3.56. The number of carbonyl (C=O) groups is 1. The predicted molar refractivity (Wildman–Crippen MR) is 156 cm³/mol. The van der Waals surface area contributed by atoms with Gasteiger partial charge in [0.05, 0.1) is 22.7 Å². The maximum Gasteiger partial charge on any atom is 0.337 e. The number of hydrogen-bond donors (Lipinski definition) is 0. The van der Waals surface area contributed by atoms with Gasteiger partial charge in [0.25, 0.3) is 0 Å². The number of nitrogens with zero attached hydrogens (tertiary/aromatic N) is 3. The molecule has 0 N–H and O–H groups in total. The van der Waals surface area contributed by atoms with Crippen molar-refractivity contribution in [2.75, 3.05) is 7.11 Å². The second kappa shape index (κ2) is 10.1. The fourth-order valence-corrected chi connectivity index (χ4v) is 7.07. The molecule has 2 bridgehead atoms. The van der Waals surface area contributed by atoms with Crippen LogP contribution in [0.25, 0.3) is 28.7 Å². The van der Waals surface area contributed by atoms with Crippen molar-refractivity contribution in [2.45, 2.75) is 62.7 Å². The highest BCUT2D eigenvalue weighted by Gasteiger charge is 2.51. The van der Waals surface area contributed by atoms with Crippen molar-refractivity contribution in [2.24, 2.45) is 5.41 Å². The first-order chi connectivity index (χ1) is 19.9. The molecule has 0 unspecified atom stereocenters. The van der Waals surface area contributed by atoms with Crippen LogP contribution < -0.4 is 0 Å². The molecule has 4 aromatic rings. The van der Waals surface area contributed by atoms with Gasteiger partial charge in [-0.3, -0.25) is 0 Å². The van der Waals surface area contributed by atoms with Gasteiger partial charge in [0.2, 0.25) is 11.7 Å². The van der Waals surface area contributed by atoms with Crippen LogP contribution in [0.15, 0.2) is 57.6 Å². The smallest absolute Gasteiger partial charge is 0.337 e. The molecule has 4 aliphatic rings. The standard InChI is InChI=1S/C32H29Cl2N3O4/c1-39-29(38)21-9-7-20(8-10-21)28-35-30(41-37-28)32-16-13-31(14-17-32,15-18-32)12-11-22-26(36-40-27(22)19-5-6-19)25-23(33)3-2-4-24(25)34/h2-4,7-12,19H,5-6,13-18H2,1H3. The summed E-state index contributed by atoms with van der Waals surface area (Å²) >= 11 is 13.1. The molecule has 210 valence electrons. The number of rotatable bonds is 7. The minimum Gasteiger partial charge on any atom is -0.465 e. The predicted octanol–water partition coefficient (Wildman–Crippen LogP) is 8.67. The maximum atomic E-state index is 11.8. The van der Waals surface area contributed by atoms with Gasteiger partial charge in [-0.1, -0.05) is 63.9 Å². The topological polar surface area (TPSA) is 91.2 Å². The molecule has 2 aromatic carbocycles. The Labute approximate surface area is 247 Å². The van der Waals surface area contributed by atoms with Crippen LogP contribution in [-0.2, 0) is 10.2 Å². The number of methoxy groups -OCH3 is 1. The van der Waals surface area contributed by atoms with Crippen LogP contribution in [0.3, 0.4) is 0 Å². The van der Waals surface area contributed by atoms with Crippen molar-refractivity contribution < 1.29 is 18.6 Å². The van der Waals surface area contributed by atoms with Crippen LogP contribution in [0.1, 0.15) is 84.9 Å². The molecule has 9 heteroatoms. The largest absolute Gasteiger partial charge is 0.465 e. The molecule has 0 spiro atoms. The van der Waals surface area contributed by atoms with Gasteiger partial charge in [-0.15, -0.1) is 0 Å². The number of allylic oxidation sites excluding steroid dienone is 1. The van der Waals surface area contributed by atoms with E-state index in [1.807, 2.05) is 30.3 Å². The number of halogens is 2. The lowest BCUT2D eigenvalue weighted by molar-refractivity contribution is 0.0569. The molecule has 0 saturated heterocycles. The summed E-state index contributed by atoms with van der Waals surface area (Å²) in [4.78, 5) is 16.6. The Bertz CT molecular complexity index is 1610. The Balaban J connectivity index is 1.11. The molecule has 4 saturated carbocycles. The third-order valence-corrected chi connectivity index (χ3v) is 9.89. The summed E-state index contributed by atoms with van der Waals surface area (Å²) in [7, 11) is 1.37. The molecule has 2 aromatic heterocycles. The van der Waals surface area contributed by atoms with E-state index in [9.17, 15) is 4.79 Å². The van der Waals surface area contributed by atoms with Gasteiger partial charge in [0, 0.05) is 28.0 Å². The average molecular weight is 591 g/mol. The number of carbonyl (C=O) groups excluding carboxylic acids is 1. The first-order valence-electron chi connectivity index (χ1n) is 14.1. The van der Waals surface area contributed by atoms with E-state index in [4.69, 9.17) is 42.0 Å². The van der Waals surface area contributed by atoms with Crippen molar-refractivity contribution in [1.29, 1.82) is 0 Å². The van der Waals surface area contributed by atoms with E-state index in [-0.39, 0.29) is 16.8 Å². The van der Waals surface area contributed by atoms with Crippen molar-refractivity contribution in [3.05, 3.63) is 81.4 Å². The van der Waals surface area contributed by atoms with Gasteiger partial charge in [0.15, 0.2) is 0 Å².